The Labute approximate surface area is 129 Å². The van der Waals surface area contributed by atoms with E-state index in [1.165, 1.54) is 14.1 Å². The first kappa shape index (κ1) is 16.4. The third-order valence-electron chi connectivity index (χ3n) is 2.88. The predicted octanol–water partition coefficient (Wildman–Crippen LogP) is 0.886. The van der Waals surface area contributed by atoms with Crippen LogP contribution in [0.4, 0.5) is 8.78 Å². The molecule has 0 atom stereocenters. The van der Waals surface area contributed by atoms with Gasteiger partial charge in [-0.1, -0.05) is 11.6 Å². The van der Waals surface area contributed by atoms with Crippen LogP contribution in [0.5, 0.6) is 0 Å². The van der Waals surface area contributed by atoms with Crippen molar-refractivity contribution in [1.29, 1.82) is 0 Å². The Balaban J connectivity index is 2.84. The highest BCUT2D eigenvalue weighted by atomic mass is 35.5. The van der Waals surface area contributed by atoms with Crippen LogP contribution in [0.1, 0.15) is 0 Å². The van der Waals surface area contributed by atoms with E-state index < -0.39 is 37.3 Å². The van der Waals surface area contributed by atoms with Crippen molar-refractivity contribution in [3.05, 3.63) is 57.0 Å². The lowest BCUT2D eigenvalue weighted by Crippen LogP contribution is -2.42. The van der Waals surface area contributed by atoms with Crippen LogP contribution in [0.15, 0.2) is 39.1 Å². The van der Waals surface area contributed by atoms with Crippen LogP contribution in [0.2, 0.25) is 5.02 Å². The summed E-state index contributed by atoms with van der Waals surface area (Å²) in [5.74, 6) is -1.75. The van der Waals surface area contributed by atoms with Crippen LogP contribution < -0.4 is 11.2 Å². The van der Waals surface area contributed by atoms with E-state index in [9.17, 15) is 22.0 Å². The molecule has 1 aromatic heterocycles. The topological polar surface area (TPSA) is 73.4 Å². The summed E-state index contributed by atoms with van der Waals surface area (Å²) >= 11 is 5.70. The van der Waals surface area contributed by atoms with Gasteiger partial charge in [-0.25, -0.2) is 22.0 Å². The monoisotopic (exact) mass is 349 g/mol. The molecular formula is C12H10ClF2N3O3S. The molecule has 0 bridgehead atoms. The second kappa shape index (κ2) is 5.65. The van der Waals surface area contributed by atoms with E-state index in [1.54, 1.807) is 0 Å². The van der Waals surface area contributed by atoms with Gasteiger partial charge in [0.15, 0.2) is 11.3 Å². The van der Waals surface area contributed by atoms with Crippen molar-refractivity contribution in [1.82, 2.24) is 8.54 Å². The van der Waals surface area contributed by atoms with Crippen molar-refractivity contribution in [3.63, 3.8) is 0 Å². The lowest BCUT2D eigenvalue weighted by molar-refractivity contribution is 0.537. The zero-order valence-corrected chi connectivity index (χ0v) is 13.0. The molecule has 0 radical (unpaired) electrons. The fourth-order valence-corrected chi connectivity index (χ4v) is 3.61. The molecule has 0 aliphatic rings. The van der Waals surface area contributed by atoms with Gasteiger partial charge in [-0.3, -0.25) is 9.56 Å². The number of aromatic nitrogens is 2. The van der Waals surface area contributed by atoms with Gasteiger partial charge < -0.3 is 0 Å². The largest absolute Gasteiger partial charge is 0.343 e. The van der Waals surface area contributed by atoms with Crippen molar-refractivity contribution in [2.45, 2.75) is 4.90 Å². The zero-order chi connectivity index (χ0) is 16.7. The standard InChI is InChI=1S/C12H10ClF2N3O3S/c1-16-11-9(15)6-18(12(19)17(11)2)22(20,21)10-4-3-7(14)5-8(10)13/h3-6H,1-2H3/b16-11+. The minimum Gasteiger partial charge on any atom is -0.278 e. The summed E-state index contributed by atoms with van der Waals surface area (Å²) in [6.45, 7) is 0. The lowest BCUT2D eigenvalue weighted by atomic mass is 10.3. The quantitative estimate of drug-likeness (QED) is 0.808. The Morgan fingerprint density at radius 3 is 2.45 bits per heavy atom. The van der Waals surface area contributed by atoms with Gasteiger partial charge in [0.25, 0.3) is 10.0 Å². The SMILES string of the molecule is C/N=c1\c(F)cn(S(=O)(=O)c2ccc(F)cc2Cl)c(=O)n1C. The number of nitrogens with zero attached hydrogens (tertiary/aromatic N) is 3. The van der Waals surface area contributed by atoms with Crippen molar-refractivity contribution in [2.75, 3.05) is 7.05 Å². The first-order valence-corrected chi connectivity index (χ1v) is 7.63. The van der Waals surface area contributed by atoms with Crippen LogP contribution in [0.3, 0.4) is 0 Å². The van der Waals surface area contributed by atoms with E-state index >= 15 is 0 Å². The van der Waals surface area contributed by atoms with Crippen LogP contribution in [0.25, 0.3) is 0 Å². The van der Waals surface area contributed by atoms with Crippen LogP contribution >= 0.6 is 11.6 Å². The van der Waals surface area contributed by atoms with Crippen molar-refractivity contribution < 1.29 is 17.2 Å². The molecule has 0 saturated carbocycles. The minimum absolute atomic E-state index is 0.191. The number of hydrogen-bond acceptors (Lipinski definition) is 4. The van der Waals surface area contributed by atoms with Crippen LogP contribution in [0, 0.1) is 11.6 Å². The molecule has 22 heavy (non-hydrogen) atoms. The van der Waals surface area contributed by atoms with Crippen LogP contribution in [-0.4, -0.2) is 24.0 Å². The Morgan fingerprint density at radius 1 is 1.27 bits per heavy atom. The van der Waals surface area contributed by atoms with Gasteiger partial charge in [0.2, 0.25) is 0 Å². The average Bonchev–Trinajstić information content (AvgIpc) is 2.42. The van der Waals surface area contributed by atoms with Gasteiger partial charge in [-0.05, 0) is 18.2 Å². The molecular weight excluding hydrogens is 340 g/mol. The number of halogens is 3. The van der Waals surface area contributed by atoms with E-state index in [2.05, 4.69) is 4.99 Å². The van der Waals surface area contributed by atoms with Gasteiger partial charge in [0, 0.05) is 14.1 Å². The van der Waals surface area contributed by atoms with E-state index in [-0.39, 0.29) is 9.46 Å². The molecule has 0 amide bonds. The van der Waals surface area contributed by atoms with Gasteiger partial charge in [0.05, 0.1) is 11.2 Å². The molecule has 0 N–H and O–H groups in total. The molecule has 0 fully saturated rings. The second-order valence-electron chi connectivity index (χ2n) is 4.24. The third-order valence-corrected chi connectivity index (χ3v) is 5.00. The fourth-order valence-electron chi connectivity index (χ4n) is 1.83. The summed E-state index contributed by atoms with van der Waals surface area (Å²) < 4.78 is 52.7. The van der Waals surface area contributed by atoms with E-state index in [1.807, 2.05) is 0 Å². The molecule has 1 aromatic carbocycles. The third kappa shape index (κ3) is 2.57. The van der Waals surface area contributed by atoms with Gasteiger partial charge in [-0.2, -0.15) is 3.97 Å². The van der Waals surface area contributed by atoms with Gasteiger partial charge in [-0.15, -0.1) is 0 Å². The van der Waals surface area contributed by atoms with Crippen molar-refractivity contribution in [2.24, 2.45) is 12.0 Å². The molecule has 0 saturated heterocycles. The van der Waals surface area contributed by atoms with Gasteiger partial charge in [0.1, 0.15) is 10.7 Å². The molecule has 6 nitrogen and oxygen atoms in total. The van der Waals surface area contributed by atoms with E-state index in [4.69, 9.17) is 11.6 Å². The van der Waals surface area contributed by atoms with Crippen molar-refractivity contribution >= 4 is 21.6 Å². The number of hydrogen-bond donors (Lipinski definition) is 0. The van der Waals surface area contributed by atoms with Crippen LogP contribution in [-0.2, 0) is 17.1 Å². The molecule has 0 spiro atoms. The molecule has 118 valence electrons. The smallest absolute Gasteiger partial charge is 0.278 e. The number of benzene rings is 1. The maximum Gasteiger partial charge on any atom is 0.343 e. The van der Waals surface area contributed by atoms with E-state index in [0.29, 0.717) is 6.20 Å². The predicted molar refractivity (Wildman–Crippen MR) is 75.1 cm³/mol. The van der Waals surface area contributed by atoms with E-state index in [0.717, 1.165) is 22.8 Å². The molecule has 1 heterocycles. The highest BCUT2D eigenvalue weighted by molar-refractivity contribution is 7.90. The highest BCUT2D eigenvalue weighted by Gasteiger charge is 2.24. The minimum atomic E-state index is -4.48. The maximum absolute atomic E-state index is 13.9. The Hall–Kier alpha value is -2.00. The Bertz CT molecular complexity index is 980. The average molecular weight is 350 g/mol. The molecule has 0 aliphatic carbocycles. The summed E-state index contributed by atoms with van der Waals surface area (Å²) in [7, 11) is -2.05. The van der Waals surface area contributed by atoms with Crippen molar-refractivity contribution in [3.8, 4) is 0 Å². The lowest BCUT2D eigenvalue weighted by Gasteiger charge is -2.11. The summed E-state index contributed by atoms with van der Waals surface area (Å²) in [4.78, 5) is 15.1. The molecule has 0 aliphatic heterocycles. The Kier molecular flexibility index (Phi) is 4.21. The summed E-state index contributed by atoms with van der Waals surface area (Å²) in [6, 6.07) is 2.55. The summed E-state index contributed by atoms with van der Waals surface area (Å²) in [5.41, 5.74) is -1.34. The maximum atomic E-state index is 13.9. The molecule has 0 unspecified atom stereocenters. The summed E-state index contributed by atoms with van der Waals surface area (Å²) in [5, 5.41) is -0.417. The molecule has 2 rings (SSSR count). The first-order chi connectivity index (χ1) is 10.2. The molecule has 10 heteroatoms. The Morgan fingerprint density at radius 2 is 1.91 bits per heavy atom. The second-order valence-corrected chi connectivity index (χ2v) is 6.43. The number of rotatable bonds is 2. The molecule has 2 aromatic rings. The summed E-state index contributed by atoms with van der Waals surface area (Å²) in [6.07, 6.45) is 0.500. The fraction of sp³-hybridized carbons (Fsp3) is 0.167. The highest BCUT2D eigenvalue weighted by Crippen LogP contribution is 2.23. The zero-order valence-electron chi connectivity index (χ0n) is 11.4. The normalized spacial score (nSPS) is 12.7. The van der Waals surface area contributed by atoms with Gasteiger partial charge >= 0.3 is 5.69 Å². The first-order valence-electron chi connectivity index (χ1n) is 5.81.